The van der Waals surface area contributed by atoms with Gasteiger partial charge < -0.3 is 10.6 Å². The Kier molecular flexibility index (Phi) is 6.39. The quantitative estimate of drug-likeness (QED) is 0.868. The van der Waals surface area contributed by atoms with E-state index in [0.29, 0.717) is 11.3 Å². The summed E-state index contributed by atoms with van der Waals surface area (Å²) in [5.41, 5.74) is 3.46. The molecule has 6 heteroatoms. The van der Waals surface area contributed by atoms with Crippen molar-refractivity contribution in [3.63, 3.8) is 0 Å². The molecule has 0 spiro atoms. The largest absolute Gasteiger partial charge is 0.335 e. The van der Waals surface area contributed by atoms with Crippen LogP contribution in [0.5, 0.6) is 0 Å². The van der Waals surface area contributed by atoms with Crippen molar-refractivity contribution in [1.29, 1.82) is 0 Å². The first-order chi connectivity index (χ1) is 10.9. The van der Waals surface area contributed by atoms with Gasteiger partial charge in [-0.05, 0) is 51.9 Å². The van der Waals surface area contributed by atoms with Gasteiger partial charge in [0.05, 0.1) is 5.69 Å². The van der Waals surface area contributed by atoms with Crippen molar-refractivity contribution in [2.75, 3.05) is 6.26 Å². The number of aryl methyl sites for hydroxylation is 2. The third-order valence-electron chi connectivity index (χ3n) is 4.87. The number of amides is 2. The highest BCUT2D eigenvalue weighted by Crippen LogP contribution is 2.27. The van der Waals surface area contributed by atoms with E-state index in [1.54, 1.807) is 0 Å². The van der Waals surface area contributed by atoms with Crippen molar-refractivity contribution >= 4 is 17.8 Å². The molecule has 0 saturated heterocycles. The average Bonchev–Trinajstić information content (AvgIpc) is 2.74. The first-order valence-corrected chi connectivity index (χ1v) is 9.80. The van der Waals surface area contributed by atoms with Crippen LogP contribution in [0.3, 0.4) is 0 Å². The Morgan fingerprint density at radius 2 is 2.09 bits per heavy atom. The minimum Gasteiger partial charge on any atom is -0.335 e. The van der Waals surface area contributed by atoms with E-state index < -0.39 is 0 Å². The zero-order valence-corrected chi connectivity index (χ0v) is 15.8. The number of nitrogens with zero attached hydrogens (tertiary/aromatic N) is 2. The van der Waals surface area contributed by atoms with Gasteiger partial charge in [-0.25, -0.2) is 4.79 Å². The fourth-order valence-electron chi connectivity index (χ4n) is 3.45. The Morgan fingerprint density at radius 3 is 2.70 bits per heavy atom. The molecule has 0 unspecified atom stereocenters. The number of urea groups is 1. The molecule has 1 aliphatic carbocycles. The molecule has 1 aromatic heterocycles. The molecular formula is C17H30N4OS. The molecule has 3 atom stereocenters. The van der Waals surface area contributed by atoms with E-state index in [-0.39, 0.29) is 12.1 Å². The summed E-state index contributed by atoms with van der Waals surface area (Å²) in [5, 5.41) is 11.3. The molecule has 2 amide bonds. The van der Waals surface area contributed by atoms with Crippen LogP contribution in [0.4, 0.5) is 4.79 Å². The molecule has 5 nitrogen and oxygen atoms in total. The highest BCUT2D eigenvalue weighted by atomic mass is 32.2. The molecule has 2 N–H and O–H groups in total. The Morgan fingerprint density at radius 1 is 1.39 bits per heavy atom. The lowest BCUT2D eigenvalue weighted by molar-refractivity contribution is 0.230. The maximum absolute atomic E-state index is 12.3. The topological polar surface area (TPSA) is 59.0 Å². The summed E-state index contributed by atoms with van der Waals surface area (Å²) in [5.74, 6) is 0. The number of hydrogen-bond donors (Lipinski definition) is 2. The smallest absolute Gasteiger partial charge is 0.315 e. The molecule has 0 aliphatic heterocycles. The molecule has 1 saturated carbocycles. The van der Waals surface area contributed by atoms with Crippen molar-refractivity contribution in [3.8, 4) is 0 Å². The number of carbonyl (C=O) groups is 1. The molecule has 1 aliphatic rings. The summed E-state index contributed by atoms with van der Waals surface area (Å²) in [6.07, 6.45) is 7.74. The predicted octanol–water partition coefficient (Wildman–Crippen LogP) is 2.94. The summed E-state index contributed by atoms with van der Waals surface area (Å²) in [7, 11) is 1.96. The molecule has 1 fully saturated rings. The first kappa shape index (κ1) is 18.2. The van der Waals surface area contributed by atoms with Gasteiger partial charge in [0, 0.05) is 30.1 Å². The summed E-state index contributed by atoms with van der Waals surface area (Å²) in [4.78, 5) is 12.3. The Bertz CT molecular complexity index is 543. The van der Waals surface area contributed by atoms with Crippen LogP contribution >= 0.6 is 11.8 Å². The van der Waals surface area contributed by atoms with E-state index >= 15 is 0 Å². The second kappa shape index (κ2) is 8.08. The number of nitrogens with one attached hydrogen (secondary N) is 2. The van der Waals surface area contributed by atoms with E-state index in [1.807, 2.05) is 30.4 Å². The zero-order valence-electron chi connectivity index (χ0n) is 15.0. The Labute approximate surface area is 144 Å². The molecule has 1 heterocycles. The number of rotatable bonds is 5. The third kappa shape index (κ3) is 4.66. The minimum atomic E-state index is -0.0392. The van der Waals surface area contributed by atoms with Gasteiger partial charge in [0.15, 0.2) is 0 Å². The lowest BCUT2D eigenvalue weighted by atomic mass is 9.95. The molecule has 2 rings (SSSR count). The van der Waals surface area contributed by atoms with Crippen molar-refractivity contribution in [2.45, 2.75) is 70.2 Å². The van der Waals surface area contributed by atoms with E-state index in [4.69, 9.17) is 0 Å². The number of aromatic nitrogens is 2. The van der Waals surface area contributed by atoms with E-state index in [9.17, 15) is 4.79 Å². The number of carbonyl (C=O) groups excluding carboxylic acids is 1. The standard InChI is InChI=1S/C17H30N4OS/c1-11(10-14-12(2)20-21(4)13(14)3)18-17(22)19-15-8-6-7-9-16(15)23-5/h11,15-16H,6-10H2,1-5H3,(H2,18,19,22)/t11-,15-,16+/m0/s1. The van der Waals surface area contributed by atoms with E-state index in [1.165, 1.54) is 30.5 Å². The van der Waals surface area contributed by atoms with Gasteiger partial charge in [-0.15, -0.1) is 0 Å². The van der Waals surface area contributed by atoms with E-state index in [2.05, 4.69) is 35.8 Å². The van der Waals surface area contributed by atoms with Gasteiger partial charge in [0.25, 0.3) is 0 Å². The van der Waals surface area contributed by atoms with Crippen LogP contribution in [0.15, 0.2) is 0 Å². The van der Waals surface area contributed by atoms with Gasteiger partial charge in [-0.1, -0.05) is 12.8 Å². The van der Waals surface area contributed by atoms with Crippen LogP contribution in [0.2, 0.25) is 0 Å². The monoisotopic (exact) mass is 338 g/mol. The van der Waals surface area contributed by atoms with Gasteiger partial charge >= 0.3 is 6.03 Å². The van der Waals surface area contributed by atoms with Crippen LogP contribution in [0.25, 0.3) is 0 Å². The molecule has 0 radical (unpaired) electrons. The predicted molar refractivity (Wildman–Crippen MR) is 97.1 cm³/mol. The van der Waals surface area contributed by atoms with Crippen LogP contribution in [0.1, 0.15) is 49.6 Å². The van der Waals surface area contributed by atoms with Crippen molar-refractivity contribution in [2.24, 2.45) is 7.05 Å². The summed E-state index contributed by atoms with van der Waals surface area (Å²) >= 11 is 1.87. The van der Waals surface area contributed by atoms with Gasteiger partial charge in [0.1, 0.15) is 0 Å². The average molecular weight is 339 g/mol. The maximum Gasteiger partial charge on any atom is 0.315 e. The second-order valence-electron chi connectivity index (χ2n) is 6.66. The van der Waals surface area contributed by atoms with Crippen molar-refractivity contribution in [3.05, 3.63) is 17.0 Å². The lowest BCUT2D eigenvalue weighted by Crippen LogP contribution is -2.50. The molecule has 130 valence electrons. The molecule has 23 heavy (non-hydrogen) atoms. The lowest BCUT2D eigenvalue weighted by Gasteiger charge is -2.31. The fraction of sp³-hybridized carbons (Fsp3) is 0.765. The molecule has 1 aromatic rings. The highest BCUT2D eigenvalue weighted by molar-refractivity contribution is 7.99. The Balaban J connectivity index is 1.87. The van der Waals surface area contributed by atoms with Crippen LogP contribution in [-0.2, 0) is 13.5 Å². The van der Waals surface area contributed by atoms with E-state index in [0.717, 1.165) is 18.5 Å². The van der Waals surface area contributed by atoms with Crippen LogP contribution in [0, 0.1) is 13.8 Å². The van der Waals surface area contributed by atoms with Crippen molar-refractivity contribution in [1.82, 2.24) is 20.4 Å². The second-order valence-corrected chi connectivity index (χ2v) is 7.74. The molecule has 0 bridgehead atoms. The van der Waals surface area contributed by atoms with Crippen LogP contribution in [-0.4, -0.2) is 39.4 Å². The third-order valence-corrected chi connectivity index (χ3v) is 6.04. The highest BCUT2D eigenvalue weighted by Gasteiger charge is 2.26. The van der Waals surface area contributed by atoms with Gasteiger partial charge in [-0.2, -0.15) is 16.9 Å². The van der Waals surface area contributed by atoms with Crippen LogP contribution < -0.4 is 10.6 Å². The minimum absolute atomic E-state index is 0.0392. The normalized spacial score (nSPS) is 22.7. The molecule has 0 aromatic carbocycles. The Hall–Kier alpha value is -1.17. The molecular weight excluding hydrogens is 308 g/mol. The maximum atomic E-state index is 12.3. The zero-order chi connectivity index (χ0) is 17.0. The SMILES string of the molecule is CS[C@@H]1CCCC[C@@H]1NC(=O)N[C@@H](C)Cc1c(C)nn(C)c1C. The fourth-order valence-corrected chi connectivity index (χ4v) is 4.38. The van der Waals surface area contributed by atoms with Gasteiger partial charge in [0.2, 0.25) is 0 Å². The summed E-state index contributed by atoms with van der Waals surface area (Å²) < 4.78 is 1.91. The van der Waals surface area contributed by atoms with Gasteiger partial charge in [-0.3, -0.25) is 4.68 Å². The number of hydrogen-bond acceptors (Lipinski definition) is 3. The summed E-state index contributed by atoms with van der Waals surface area (Å²) in [6.45, 7) is 6.16. The first-order valence-electron chi connectivity index (χ1n) is 8.51. The van der Waals surface area contributed by atoms with Crippen molar-refractivity contribution < 1.29 is 4.79 Å². The summed E-state index contributed by atoms with van der Waals surface area (Å²) in [6, 6.07) is 0.350. The number of thioether (sulfide) groups is 1.